The zero-order valence-corrected chi connectivity index (χ0v) is 21.0. The molecule has 0 radical (unpaired) electrons. The van der Waals surface area contributed by atoms with E-state index in [9.17, 15) is 13.2 Å². The van der Waals surface area contributed by atoms with Crippen LogP contribution in [-0.4, -0.2) is 27.5 Å². The summed E-state index contributed by atoms with van der Waals surface area (Å²) in [6, 6.07) is 22.4. The highest BCUT2D eigenvalue weighted by molar-refractivity contribution is 9.10. The number of ether oxygens (including phenoxy) is 1. The van der Waals surface area contributed by atoms with E-state index in [1.54, 1.807) is 36.4 Å². The van der Waals surface area contributed by atoms with Gasteiger partial charge in [0.2, 0.25) is 5.91 Å². The molecule has 3 rings (SSSR count). The summed E-state index contributed by atoms with van der Waals surface area (Å²) < 4.78 is 34.4. The van der Waals surface area contributed by atoms with Crippen LogP contribution in [0.1, 0.15) is 31.9 Å². The molecule has 0 aromatic heterocycles. The van der Waals surface area contributed by atoms with Crippen molar-refractivity contribution in [1.29, 1.82) is 0 Å². The van der Waals surface area contributed by atoms with Gasteiger partial charge in [0.05, 0.1) is 23.2 Å². The second-order valence-electron chi connectivity index (χ2n) is 7.33. The molecule has 1 amide bonds. The number of amides is 1. The average Bonchev–Trinajstić information content (AvgIpc) is 2.82. The van der Waals surface area contributed by atoms with Crippen LogP contribution in [0.2, 0.25) is 0 Å². The molecule has 0 fully saturated rings. The van der Waals surface area contributed by atoms with E-state index >= 15 is 0 Å². The van der Waals surface area contributed by atoms with Gasteiger partial charge in [-0.3, -0.25) is 9.10 Å². The molecule has 0 spiro atoms. The summed E-state index contributed by atoms with van der Waals surface area (Å²) in [6.07, 6.45) is 0.679. The Morgan fingerprint density at radius 1 is 0.970 bits per heavy atom. The maximum Gasteiger partial charge on any atom is 0.264 e. The third-order valence-corrected chi connectivity index (χ3v) is 7.39. The topological polar surface area (TPSA) is 75.7 Å². The first-order valence-electron chi connectivity index (χ1n) is 10.7. The molecule has 1 atom stereocenters. The van der Waals surface area contributed by atoms with E-state index in [-0.39, 0.29) is 23.4 Å². The van der Waals surface area contributed by atoms with E-state index in [0.717, 1.165) is 14.3 Å². The van der Waals surface area contributed by atoms with Gasteiger partial charge in [0.25, 0.3) is 10.0 Å². The van der Waals surface area contributed by atoms with Gasteiger partial charge in [-0.25, -0.2) is 8.42 Å². The van der Waals surface area contributed by atoms with Gasteiger partial charge in [-0.15, -0.1) is 0 Å². The fourth-order valence-electron chi connectivity index (χ4n) is 3.40. The number of halogens is 1. The van der Waals surface area contributed by atoms with Crippen LogP contribution in [0.4, 0.5) is 5.69 Å². The molecule has 0 aliphatic rings. The van der Waals surface area contributed by atoms with Crippen LogP contribution in [0.3, 0.4) is 0 Å². The van der Waals surface area contributed by atoms with Crippen molar-refractivity contribution >= 4 is 37.5 Å². The largest absolute Gasteiger partial charge is 0.494 e. The van der Waals surface area contributed by atoms with E-state index in [1.807, 2.05) is 44.2 Å². The lowest BCUT2D eigenvalue weighted by Gasteiger charge is -2.26. The number of carbonyl (C=O) groups is 1. The van der Waals surface area contributed by atoms with Crippen LogP contribution in [0.15, 0.2) is 88.2 Å². The number of anilines is 1. The number of nitrogens with one attached hydrogen (secondary N) is 1. The summed E-state index contributed by atoms with van der Waals surface area (Å²) in [5, 5.41) is 2.97. The number of hydrogen-bond acceptors (Lipinski definition) is 4. The first kappa shape index (κ1) is 24.8. The van der Waals surface area contributed by atoms with Crippen molar-refractivity contribution in [3.05, 3.63) is 88.9 Å². The van der Waals surface area contributed by atoms with Gasteiger partial charge in [0, 0.05) is 4.47 Å². The third kappa shape index (κ3) is 6.36. The van der Waals surface area contributed by atoms with Gasteiger partial charge in [-0.05, 0) is 67.4 Å². The molecule has 0 aliphatic heterocycles. The smallest absolute Gasteiger partial charge is 0.264 e. The molecule has 0 saturated heterocycles. The summed E-state index contributed by atoms with van der Waals surface area (Å²) in [5.41, 5.74) is 1.35. The molecule has 0 heterocycles. The minimum Gasteiger partial charge on any atom is -0.494 e. The Morgan fingerprint density at radius 3 is 2.18 bits per heavy atom. The predicted octanol–water partition coefficient (Wildman–Crippen LogP) is 5.31. The van der Waals surface area contributed by atoms with Crippen LogP contribution in [0.5, 0.6) is 5.75 Å². The van der Waals surface area contributed by atoms with E-state index in [2.05, 4.69) is 21.2 Å². The Bertz CT molecular complexity index is 1150. The molecule has 1 N–H and O–H groups in total. The maximum atomic E-state index is 13.5. The number of carbonyl (C=O) groups excluding carboxylic acids is 1. The first-order valence-corrected chi connectivity index (χ1v) is 12.9. The van der Waals surface area contributed by atoms with Crippen molar-refractivity contribution in [3.8, 4) is 5.75 Å². The highest BCUT2D eigenvalue weighted by atomic mass is 79.9. The number of sulfonamides is 1. The second kappa shape index (κ2) is 11.3. The predicted molar refractivity (Wildman–Crippen MR) is 134 cm³/mol. The van der Waals surface area contributed by atoms with Gasteiger partial charge in [-0.1, -0.05) is 53.2 Å². The van der Waals surface area contributed by atoms with Gasteiger partial charge in [0.15, 0.2) is 0 Å². The number of rotatable bonds is 10. The van der Waals surface area contributed by atoms with Crippen LogP contribution in [-0.2, 0) is 14.8 Å². The van der Waals surface area contributed by atoms with Crippen LogP contribution >= 0.6 is 15.9 Å². The van der Waals surface area contributed by atoms with Crippen molar-refractivity contribution in [2.45, 2.75) is 31.2 Å². The Balaban J connectivity index is 1.91. The molecular formula is C25H27BrN2O4S. The van der Waals surface area contributed by atoms with Gasteiger partial charge in [0.1, 0.15) is 12.3 Å². The van der Waals surface area contributed by atoms with Crippen molar-refractivity contribution in [2.75, 3.05) is 17.5 Å². The average molecular weight is 531 g/mol. The van der Waals surface area contributed by atoms with Gasteiger partial charge in [-0.2, -0.15) is 0 Å². The highest BCUT2D eigenvalue weighted by Crippen LogP contribution is 2.27. The minimum absolute atomic E-state index is 0.0995. The Kier molecular flexibility index (Phi) is 8.52. The Labute approximate surface area is 203 Å². The fourth-order valence-corrected chi connectivity index (χ4v) is 5.09. The monoisotopic (exact) mass is 530 g/mol. The Hall–Kier alpha value is -2.84. The molecule has 0 unspecified atom stereocenters. The maximum absolute atomic E-state index is 13.5. The van der Waals surface area contributed by atoms with Crippen molar-refractivity contribution < 1.29 is 17.9 Å². The summed E-state index contributed by atoms with van der Waals surface area (Å²) in [7, 11) is -3.99. The van der Waals surface area contributed by atoms with Gasteiger partial charge < -0.3 is 10.1 Å². The lowest BCUT2D eigenvalue weighted by molar-refractivity contribution is -0.120. The second-order valence-corrected chi connectivity index (χ2v) is 10.1. The zero-order chi connectivity index (χ0) is 23.8. The highest BCUT2D eigenvalue weighted by Gasteiger charge is 2.28. The molecular weight excluding hydrogens is 504 g/mol. The molecule has 6 nitrogen and oxygen atoms in total. The van der Waals surface area contributed by atoms with Crippen molar-refractivity contribution in [1.82, 2.24) is 5.32 Å². The minimum atomic E-state index is -3.99. The van der Waals surface area contributed by atoms with Crippen molar-refractivity contribution in [3.63, 3.8) is 0 Å². The van der Waals surface area contributed by atoms with E-state index in [4.69, 9.17) is 4.74 Å². The van der Waals surface area contributed by atoms with E-state index in [1.165, 1.54) is 12.1 Å². The third-order valence-electron chi connectivity index (χ3n) is 5.07. The number of nitrogens with zero attached hydrogens (tertiary/aromatic N) is 1. The van der Waals surface area contributed by atoms with E-state index in [0.29, 0.717) is 24.5 Å². The Morgan fingerprint density at radius 2 is 1.61 bits per heavy atom. The molecule has 8 heteroatoms. The van der Waals surface area contributed by atoms with Crippen LogP contribution < -0.4 is 14.4 Å². The molecule has 0 saturated carbocycles. The summed E-state index contributed by atoms with van der Waals surface area (Å²) in [6.45, 7) is 4.00. The van der Waals surface area contributed by atoms with Gasteiger partial charge >= 0.3 is 0 Å². The summed E-state index contributed by atoms with van der Waals surface area (Å²) >= 11 is 3.33. The number of benzene rings is 3. The summed E-state index contributed by atoms with van der Waals surface area (Å²) in [4.78, 5) is 13.1. The summed E-state index contributed by atoms with van der Waals surface area (Å²) in [5.74, 6) is 0.238. The fraction of sp³-hybridized carbons (Fsp3) is 0.240. The van der Waals surface area contributed by atoms with Crippen LogP contribution in [0, 0.1) is 0 Å². The normalized spacial score (nSPS) is 12.1. The lowest BCUT2D eigenvalue weighted by Crippen LogP contribution is -2.42. The molecule has 174 valence electrons. The van der Waals surface area contributed by atoms with E-state index < -0.39 is 10.0 Å². The number of hydrogen-bond donors (Lipinski definition) is 1. The van der Waals surface area contributed by atoms with Crippen LogP contribution in [0.25, 0.3) is 0 Å². The molecule has 33 heavy (non-hydrogen) atoms. The molecule has 3 aromatic rings. The SMILES string of the molecule is CCOc1ccc(N(CC(=O)N[C@H](CC)c2ccccc2)S(=O)(=O)c2ccc(Br)cc2)cc1. The molecule has 0 bridgehead atoms. The molecule has 0 aliphatic carbocycles. The van der Waals surface area contributed by atoms with Crippen molar-refractivity contribution in [2.24, 2.45) is 0 Å². The quantitative estimate of drug-likeness (QED) is 0.385. The first-order chi connectivity index (χ1) is 15.8. The standard InChI is InChI=1S/C25H27BrN2O4S/c1-3-24(19-8-6-5-7-9-19)27-25(29)18-28(21-12-14-22(15-13-21)32-4-2)33(30,31)23-16-10-20(26)11-17-23/h5-17,24H,3-4,18H2,1-2H3,(H,27,29)/t24-/m1/s1. The zero-order valence-electron chi connectivity index (χ0n) is 18.6. The lowest BCUT2D eigenvalue weighted by atomic mass is 10.0. The molecule has 3 aromatic carbocycles.